The fourth-order valence-electron chi connectivity index (χ4n) is 1.92. The molecule has 0 aromatic rings. The van der Waals surface area contributed by atoms with Crippen LogP contribution in [0.4, 0.5) is 13.2 Å². The average Bonchev–Trinajstić information content (AvgIpc) is 2.23. The van der Waals surface area contributed by atoms with E-state index < -0.39 is 12.8 Å². The largest absolute Gasteiger partial charge is 0.411 e. The molecule has 7 heteroatoms. The van der Waals surface area contributed by atoms with Gasteiger partial charge in [0.2, 0.25) is 5.91 Å². The first-order valence-corrected chi connectivity index (χ1v) is 6.04. The Morgan fingerprint density at radius 2 is 2.22 bits per heavy atom. The molecule has 1 fully saturated rings. The Bertz CT molecular complexity index is 272. The summed E-state index contributed by atoms with van der Waals surface area (Å²) < 4.78 is 39.7. The first-order chi connectivity index (χ1) is 8.37. The molecular formula is C11H19F3N2O2. The van der Waals surface area contributed by atoms with E-state index in [-0.39, 0.29) is 25.0 Å². The van der Waals surface area contributed by atoms with E-state index in [1.165, 1.54) is 0 Å². The molecule has 1 aliphatic heterocycles. The van der Waals surface area contributed by atoms with Crippen molar-refractivity contribution in [3.8, 4) is 0 Å². The smallest absolute Gasteiger partial charge is 0.372 e. The minimum absolute atomic E-state index is 0.0333. The molecule has 0 bridgehead atoms. The topological polar surface area (TPSA) is 50.4 Å². The molecule has 1 heterocycles. The van der Waals surface area contributed by atoms with Crippen LogP contribution >= 0.6 is 0 Å². The van der Waals surface area contributed by atoms with Crippen molar-refractivity contribution in [1.82, 2.24) is 10.6 Å². The second-order valence-electron chi connectivity index (χ2n) is 4.56. The molecule has 2 unspecified atom stereocenters. The first kappa shape index (κ1) is 15.2. The maximum absolute atomic E-state index is 11.8. The second kappa shape index (κ2) is 6.94. The lowest BCUT2D eigenvalue weighted by atomic mass is 10.0. The van der Waals surface area contributed by atoms with Gasteiger partial charge in [-0.25, -0.2) is 0 Å². The van der Waals surface area contributed by atoms with E-state index in [9.17, 15) is 18.0 Å². The van der Waals surface area contributed by atoms with Crippen LogP contribution in [-0.2, 0) is 9.53 Å². The van der Waals surface area contributed by atoms with Gasteiger partial charge in [-0.05, 0) is 26.3 Å². The quantitative estimate of drug-likeness (QED) is 0.737. The summed E-state index contributed by atoms with van der Waals surface area (Å²) in [6, 6.07) is 0.460. The summed E-state index contributed by atoms with van der Waals surface area (Å²) in [5, 5.41) is 6.06. The number of alkyl halides is 3. The highest BCUT2D eigenvalue weighted by Crippen LogP contribution is 2.14. The number of halogens is 3. The predicted molar refractivity (Wildman–Crippen MR) is 60.1 cm³/mol. The van der Waals surface area contributed by atoms with Gasteiger partial charge >= 0.3 is 6.18 Å². The molecule has 1 amide bonds. The Hall–Kier alpha value is -0.820. The molecule has 0 aliphatic carbocycles. The number of ether oxygens (including phenoxy) is 1. The van der Waals surface area contributed by atoms with Crippen LogP contribution in [0.1, 0.15) is 26.2 Å². The molecule has 0 radical (unpaired) electrons. The zero-order valence-electron chi connectivity index (χ0n) is 10.3. The number of hydrogen-bond acceptors (Lipinski definition) is 3. The highest BCUT2D eigenvalue weighted by molar-refractivity contribution is 5.76. The fraction of sp³-hybridized carbons (Fsp3) is 0.909. The minimum atomic E-state index is -4.33. The van der Waals surface area contributed by atoms with Gasteiger partial charge in [-0.15, -0.1) is 0 Å². The van der Waals surface area contributed by atoms with Crippen molar-refractivity contribution >= 4 is 5.91 Å². The molecule has 0 saturated carbocycles. The lowest BCUT2D eigenvalue weighted by Crippen LogP contribution is -2.46. The first-order valence-electron chi connectivity index (χ1n) is 6.04. The zero-order valence-corrected chi connectivity index (χ0v) is 10.3. The van der Waals surface area contributed by atoms with E-state index in [1.54, 1.807) is 0 Å². The van der Waals surface area contributed by atoms with E-state index in [0.29, 0.717) is 6.04 Å². The van der Waals surface area contributed by atoms with E-state index in [2.05, 4.69) is 15.4 Å². The van der Waals surface area contributed by atoms with Crippen LogP contribution in [0.5, 0.6) is 0 Å². The monoisotopic (exact) mass is 268 g/mol. The van der Waals surface area contributed by atoms with Gasteiger partial charge < -0.3 is 15.4 Å². The van der Waals surface area contributed by atoms with Gasteiger partial charge in [0, 0.05) is 18.5 Å². The molecule has 0 aromatic carbocycles. The Morgan fingerprint density at radius 3 is 2.83 bits per heavy atom. The van der Waals surface area contributed by atoms with Crippen molar-refractivity contribution in [2.24, 2.45) is 0 Å². The standard InChI is InChI=1S/C11H19F3N2O2/c1-8-6-9(2-4-15-8)16-10(17)3-5-18-7-11(12,13)14/h8-9,15H,2-7H2,1H3,(H,16,17). The van der Waals surface area contributed by atoms with Gasteiger partial charge in [0.25, 0.3) is 0 Å². The maximum atomic E-state index is 11.8. The average molecular weight is 268 g/mol. The highest BCUT2D eigenvalue weighted by atomic mass is 19.4. The maximum Gasteiger partial charge on any atom is 0.411 e. The second-order valence-corrected chi connectivity index (χ2v) is 4.56. The number of carbonyl (C=O) groups excluding carboxylic acids is 1. The Kier molecular flexibility index (Phi) is 5.87. The van der Waals surface area contributed by atoms with Gasteiger partial charge in [-0.2, -0.15) is 13.2 Å². The van der Waals surface area contributed by atoms with Crippen LogP contribution in [0.2, 0.25) is 0 Å². The van der Waals surface area contributed by atoms with Crippen molar-refractivity contribution in [2.75, 3.05) is 19.8 Å². The van der Waals surface area contributed by atoms with Gasteiger partial charge in [0.15, 0.2) is 0 Å². The lowest BCUT2D eigenvalue weighted by Gasteiger charge is -2.28. The van der Waals surface area contributed by atoms with E-state index in [1.807, 2.05) is 6.92 Å². The molecule has 0 aromatic heterocycles. The lowest BCUT2D eigenvalue weighted by molar-refractivity contribution is -0.174. The summed E-state index contributed by atoms with van der Waals surface area (Å²) in [7, 11) is 0. The molecule has 1 saturated heterocycles. The third kappa shape index (κ3) is 6.80. The summed E-state index contributed by atoms with van der Waals surface area (Å²) in [4.78, 5) is 11.4. The number of piperidine rings is 1. The summed E-state index contributed by atoms with van der Waals surface area (Å²) in [6.45, 7) is 1.37. The number of carbonyl (C=O) groups is 1. The minimum Gasteiger partial charge on any atom is -0.372 e. The molecule has 4 nitrogen and oxygen atoms in total. The van der Waals surface area contributed by atoms with E-state index in [4.69, 9.17) is 0 Å². The van der Waals surface area contributed by atoms with Gasteiger partial charge in [-0.3, -0.25) is 4.79 Å². The van der Waals surface area contributed by atoms with Crippen molar-refractivity contribution in [2.45, 2.75) is 44.4 Å². The Balaban J connectivity index is 2.10. The molecule has 2 atom stereocenters. The molecule has 106 valence electrons. The van der Waals surface area contributed by atoms with Crippen LogP contribution in [0.15, 0.2) is 0 Å². The fourth-order valence-corrected chi connectivity index (χ4v) is 1.92. The SMILES string of the molecule is CC1CC(NC(=O)CCOCC(F)(F)F)CCN1. The molecule has 1 aliphatic rings. The van der Waals surface area contributed by atoms with E-state index in [0.717, 1.165) is 19.4 Å². The highest BCUT2D eigenvalue weighted by Gasteiger charge is 2.27. The number of amides is 1. The Labute approximate surface area is 104 Å². The third-order valence-electron chi connectivity index (χ3n) is 2.73. The molecule has 1 rings (SSSR count). The van der Waals surface area contributed by atoms with Crippen LogP contribution in [0, 0.1) is 0 Å². The zero-order chi connectivity index (χ0) is 13.6. The summed E-state index contributed by atoms with van der Waals surface area (Å²) in [6.07, 6.45) is -2.68. The van der Waals surface area contributed by atoms with E-state index >= 15 is 0 Å². The predicted octanol–water partition coefficient (Wildman–Crippen LogP) is 1.21. The van der Waals surface area contributed by atoms with Crippen molar-refractivity contribution in [3.63, 3.8) is 0 Å². The van der Waals surface area contributed by atoms with Gasteiger partial charge in [0.05, 0.1) is 6.61 Å². The Morgan fingerprint density at radius 1 is 1.50 bits per heavy atom. The summed E-state index contributed by atoms with van der Waals surface area (Å²) in [5.41, 5.74) is 0. The summed E-state index contributed by atoms with van der Waals surface area (Å²) in [5.74, 6) is -0.253. The van der Waals surface area contributed by atoms with Crippen molar-refractivity contribution in [3.05, 3.63) is 0 Å². The number of nitrogens with one attached hydrogen (secondary N) is 2. The van der Waals surface area contributed by atoms with Gasteiger partial charge in [-0.1, -0.05) is 0 Å². The van der Waals surface area contributed by atoms with Crippen LogP contribution in [-0.4, -0.2) is 43.9 Å². The van der Waals surface area contributed by atoms with Crippen LogP contribution < -0.4 is 10.6 Å². The van der Waals surface area contributed by atoms with Gasteiger partial charge in [0.1, 0.15) is 6.61 Å². The molecule has 18 heavy (non-hydrogen) atoms. The molecule has 0 spiro atoms. The van der Waals surface area contributed by atoms with Crippen LogP contribution in [0.3, 0.4) is 0 Å². The third-order valence-corrected chi connectivity index (χ3v) is 2.73. The normalized spacial score (nSPS) is 24.9. The van der Waals surface area contributed by atoms with Crippen LogP contribution in [0.25, 0.3) is 0 Å². The van der Waals surface area contributed by atoms with Crippen molar-refractivity contribution in [1.29, 1.82) is 0 Å². The number of rotatable bonds is 5. The summed E-state index contributed by atoms with van der Waals surface area (Å²) >= 11 is 0. The molecule has 2 N–H and O–H groups in total. The van der Waals surface area contributed by atoms with Crippen molar-refractivity contribution < 1.29 is 22.7 Å². The molecular weight excluding hydrogens is 249 g/mol. The number of hydrogen-bond donors (Lipinski definition) is 2.